The molecule has 0 rings (SSSR count). The molecule has 0 nitrogen and oxygen atoms in total. The fourth-order valence-corrected chi connectivity index (χ4v) is 1.34. The van der Waals surface area contributed by atoms with Gasteiger partial charge in [0.15, 0.2) is 0 Å². The summed E-state index contributed by atoms with van der Waals surface area (Å²) in [5, 5.41) is 0. The lowest BCUT2D eigenvalue weighted by molar-refractivity contribution is 0.651. The summed E-state index contributed by atoms with van der Waals surface area (Å²) in [5.74, 6) is 0. The molecule has 0 aliphatic heterocycles. The minimum Gasteiger partial charge on any atom is -0.0877 e. The van der Waals surface area contributed by atoms with E-state index in [1.165, 1.54) is 32.1 Å². The third-order valence-electron chi connectivity index (χ3n) is 2.25. The second-order valence-electron chi connectivity index (χ2n) is 3.78. The van der Waals surface area contributed by atoms with E-state index in [0.717, 1.165) is 6.42 Å². The molecule has 0 saturated carbocycles. The summed E-state index contributed by atoms with van der Waals surface area (Å²) in [6, 6.07) is 0. The van der Waals surface area contributed by atoms with E-state index >= 15 is 0 Å². The Balaban J connectivity index is 3.33. The first-order chi connectivity index (χ1) is 7.91. The molecule has 0 saturated heterocycles. The monoisotopic (exact) mass is 217 g/mol. The van der Waals surface area contributed by atoms with Crippen molar-refractivity contribution in [3.8, 4) is 0 Å². The smallest absolute Gasteiger partial charge is 0.0348 e. The Morgan fingerprint density at radius 1 is 0.750 bits per heavy atom. The zero-order chi connectivity index (χ0) is 11.9. The van der Waals surface area contributed by atoms with Crippen molar-refractivity contribution in [3.63, 3.8) is 0 Å². The van der Waals surface area contributed by atoms with E-state index in [4.69, 9.17) is 0 Å². The van der Waals surface area contributed by atoms with Crippen LogP contribution < -0.4 is 0 Å². The molecule has 0 aliphatic rings. The first-order valence-electron chi connectivity index (χ1n) is 6.32. The Hall–Kier alpha value is -1.04. The van der Waals surface area contributed by atoms with E-state index in [-0.39, 0.29) is 0 Å². The van der Waals surface area contributed by atoms with Gasteiger partial charge in [-0.3, -0.25) is 0 Å². The SMILES string of the molecule is [CH2]CCCCCC/C=C/C=C/C=C/C=C/C. The van der Waals surface area contributed by atoms with E-state index in [0.29, 0.717) is 0 Å². The molecule has 0 spiro atoms. The van der Waals surface area contributed by atoms with Crippen LogP contribution in [0.15, 0.2) is 48.6 Å². The van der Waals surface area contributed by atoms with Crippen LogP contribution in [-0.4, -0.2) is 0 Å². The van der Waals surface area contributed by atoms with Crippen LogP contribution in [0.1, 0.15) is 45.4 Å². The second kappa shape index (κ2) is 14.0. The zero-order valence-corrected chi connectivity index (χ0v) is 10.6. The number of allylic oxidation sites excluding steroid dienone is 8. The minimum absolute atomic E-state index is 1.08. The van der Waals surface area contributed by atoms with Crippen LogP contribution in [0.5, 0.6) is 0 Å². The lowest BCUT2D eigenvalue weighted by atomic mass is 10.1. The minimum atomic E-state index is 1.08. The summed E-state index contributed by atoms with van der Waals surface area (Å²) in [7, 11) is 0. The van der Waals surface area contributed by atoms with Crippen molar-refractivity contribution in [1.82, 2.24) is 0 Å². The van der Waals surface area contributed by atoms with Crippen LogP contribution in [0.4, 0.5) is 0 Å². The van der Waals surface area contributed by atoms with E-state index in [9.17, 15) is 0 Å². The normalized spacial score (nSPS) is 12.9. The first-order valence-corrected chi connectivity index (χ1v) is 6.32. The van der Waals surface area contributed by atoms with Crippen molar-refractivity contribution in [1.29, 1.82) is 0 Å². The van der Waals surface area contributed by atoms with Gasteiger partial charge in [-0.25, -0.2) is 0 Å². The van der Waals surface area contributed by atoms with Crippen LogP contribution in [-0.2, 0) is 0 Å². The molecule has 0 N–H and O–H groups in total. The molecule has 0 heterocycles. The average molecular weight is 217 g/mol. The maximum atomic E-state index is 3.84. The molecule has 0 aliphatic carbocycles. The predicted octanol–water partition coefficient (Wildman–Crippen LogP) is 5.41. The van der Waals surface area contributed by atoms with Crippen LogP contribution in [0, 0.1) is 6.92 Å². The van der Waals surface area contributed by atoms with Crippen molar-refractivity contribution in [2.75, 3.05) is 0 Å². The van der Waals surface area contributed by atoms with Gasteiger partial charge in [0, 0.05) is 0 Å². The summed E-state index contributed by atoms with van der Waals surface area (Å²) >= 11 is 0. The van der Waals surface area contributed by atoms with E-state index < -0.39 is 0 Å². The highest BCUT2D eigenvalue weighted by molar-refractivity contribution is 5.14. The van der Waals surface area contributed by atoms with Gasteiger partial charge in [-0.2, -0.15) is 0 Å². The van der Waals surface area contributed by atoms with E-state index in [2.05, 4.69) is 31.2 Å². The van der Waals surface area contributed by atoms with Crippen molar-refractivity contribution in [2.45, 2.75) is 45.4 Å². The molecule has 89 valence electrons. The van der Waals surface area contributed by atoms with E-state index in [1.807, 2.05) is 31.2 Å². The number of hydrogen-bond donors (Lipinski definition) is 0. The van der Waals surface area contributed by atoms with Crippen molar-refractivity contribution in [3.05, 3.63) is 55.5 Å². The van der Waals surface area contributed by atoms with Crippen molar-refractivity contribution < 1.29 is 0 Å². The summed E-state index contributed by atoms with van der Waals surface area (Å²) in [4.78, 5) is 0. The van der Waals surface area contributed by atoms with Gasteiger partial charge in [-0.1, -0.05) is 81.2 Å². The number of hydrogen-bond acceptors (Lipinski definition) is 0. The zero-order valence-electron chi connectivity index (χ0n) is 10.6. The van der Waals surface area contributed by atoms with Crippen LogP contribution in [0.2, 0.25) is 0 Å². The fraction of sp³-hybridized carbons (Fsp3) is 0.438. The Labute approximate surface area is 101 Å². The fourth-order valence-electron chi connectivity index (χ4n) is 1.34. The summed E-state index contributed by atoms with van der Waals surface area (Å²) in [5.41, 5.74) is 0. The molecule has 0 aromatic rings. The summed E-state index contributed by atoms with van der Waals surface area (Å²) < 4.78 is 0. The van der Waals surface area contributed by atoms with Gasteiger partial charge < -0.3 is 0 Å². The van der Waals surface area contributed by atoms with Gasteiger partial charge >= 0.3 is 0 Å². The molecular weight excluding hydrogens is 192 g/mol. The molecule has 0 heteroatoms. The Morgan fingerprint density at radius 3 is 2.06 bits per heavy atom. The van der Waals surface area contributed by atoms with Crippen LogP contribution in [0.3, 0.4) is 0 Å². The first kappa shape index (κ1) is 15.0. The third-order valence-corrected chi connectivity index (χ3v) is 2.25. The molecule has 0 bridgehead atoms. The van der Waals surface area contributed by atoms with Gasteiger partial charge in [0.05, 0.1) is 0 Å². The molecule has 0 unspecified atom stereocenters. The van der Waals surface area contributed by atoms with E-state index in [1.54, 1.807) is 0 Å². The second-order valence-corrected chi connectivity index (χ2v) is 3.78. The highest BCUT2D eigenvalue weighted by atomic mass is 13.9. The maximum Gasteiger partial charge on any atom is -0.0348 e. The van der Waals surface area contributed by atoms with Crippen LogP contribution in [0.25, 0.3) is 0 Å². The average Bonchev–Trinajstić information content (AvgIpc) is 2.31. The molecule has 0 aromatic carbocycles. The number of unbranched alkanes of at least 4 members (excludes halogenated alkanes) is 5. The van der Waals surface area contributed by atoms with Crippen molar-refractivity contribution in [2.24, 2.45) is 0 Å². The highest BCUT2D eigenvalue weighted by Gasteiger charge is 1.85. The van der Waals surface area contributed by atoms with Crippen molar-refractivity contribution >= 4 is 0 Å². The highest BCUT2D eigenvalue weighted by Crippen LogP contribution is 2.05. The standard InChI is InChI=1S/C16H25/c1-3-5-7-9-11-13-15-16-14-12-10-8-6-4-2/h4,6,8,10,12,14-16H,1,3,5,7,9,11,13H2,2H3/b6-4+,10-8+,14-12+,16-15+. The maximum absolute atomic E-state index is 3.84. The third kappa shape index (κ3) is 13.0. The summed E-state index contributed by atoms with van der Waals surface area (Å²) in [6.45, 7) is 5.86. The molecule has 16 heavy (non-hydrogen) atoms. The molecular formula is C16H25. The van der Waals surface area contributed by atoms with Gasteiger partial charge in [-0.05, 0) is 19.8 Å². The molecule has 0 amide bonds. The Morgan fingerprint density at radius 2 is 1.38 bits per heavy atom. The molecule has 0 aromatic heterocycles. The number of rotatable bonds is 9. The quantitative estimate of drug-likeness (QED) is 0.358. The molecule has 0 atom stereocenters. The molecule has 0 fully saturated rings. The van der Waals surface area contributed by atoms with Gasteiger partial charge in [0.2, 0.25) is 0 Å². The molecule has 1 radical (unpaired) electrons. The Bertz CT molecular complexity index is 228. The van der Waals surface area contributed by atoms with Gasteiger partial charge in [-0.15, -0.1) is 0 Å². The predicted molar refractivity (Wildman–Crippen MR) is 75.3 cm³/mol. The Kier molecular flexibility index (Phi) is 13.1. The largest absolute Gasteiger partial charge is 0.0877 e. The summed E-state index contributed by atoms with van der Waals surface area (Å²) in [6.07, 6.45) is 24.1. The topological polar surface area (TPSA) is 0 Å². The van der Waals surface area contributed by atoms with Gasteiger partial charge in [0.1, 0.15) is 0 Å². The van der Waals surface area contributed by atoms with Gasteiger partial charge in [0.25, 0.3) is 0 Å². The van der Waals surface area contributed by atoms with Crippen LogP contribution >= 0.6 is 0 Å². The lowest BCUT2D eigenvalue weighted by Gasteiger charge is -1.95. The lowest BCUT2D eigenvalue weighted by Crippen LogP contribution is -1.75.